The Hall–Kier alpha value is -2.66. The number of rotatable bonds is 5. The molecule has 0 bridgehead atoms. The maximum atomic E-state index is 12.3. The van der Waals surface area contributed by atoms with Gasteiger partial charge < -0.3 is 10.1 Å². The first kappa shape index (κ1) is 17.7. The van der Waals surface area contributed by atoms with Gasteiger partial charge in [-0.2, -0.15) is 0 Å². The molecule has 1 aliphatic rings. The molecule has 1 heterocycles. The van der Waals surface area contributed by atoms with Crippen LogP contribution in [0.2, 0.25) is 0 Å². The first-order valence-corrected chi connectivity index (χ1v) is 10.1. The van der Waals surface area contributed by atoms with Gasteiger partial charge in [0.15, 0.2) is 6.61 Å². The van der Waals surface area contributed by atoms with Crippen molar-refractivity contribution in [3.05, 3.63) is 70.7 Å². The Balaban J connectivity index is 1.33. The second-order valence-electron chi connectivity index (χ2n) is 6.82. The molecule has 3 aromatic rings. The normalized spacial score (nSPS) is 15.8. The van der Waals surface area contributed by atoms with Crippen molar-refractivity contribution in [3.8, 4) is 16.3 Å². The largest absolute Gasteiger partial charge is 0.484 e. The lowest BCUT2D eigenvalue weighted by Gasteiger charge is -2.26. The van der Waals surface area contributed by atoms with Crippen LogP contribution >= 0.6 is 11.3 Å². The Morgan fingerprint density at radius 1 is 1.22 bits per heavy atom. The predicted octanol–water partition coefficient (Wildman–Crippen LogP) is 4.69. The quantitative estimate of drug-likeness (QED) is 0.701. The van der Waals surface area contributed by atoms with Crippen molar-refractivity contribution in [1.29, 1.82) is 0 Å². The van der Waals surface area contributed by atoms with Crippen LogP contribution in [0.1, 0.15) is 35.7 Å². The number of aryl methyl sites for hydroxylation is 2. The molecule has 0 saturated heterocycles. The van der Waals surface area contributed by atoms with E-state index in [1.807, 2.05) is 42.6 Å². The molecule has 1 aliphatic carbocycles. The fourth-order valence-electron chi connectivity index (χ4n) is 3.47. The number of fused-ring (bicyclic) bond motifs is 1. The summed E-state index contributed by atoms with van der Waals surface area (Å²) in [6.07, 6.45) is 3.16. The minimum atomic E-state index is -0.0867. The van der Waals surface area contributed by atoms with Crippen molar-refractivity contribution in [3.63, 3.8) is 0 Å². The van der Waals surface area contributed by atoms with E-state index in [2.05, 4.69) is 28.5 Å². The fourth-order valence-corrected chi connectivity index (χ4v) is 4.27. The van der Waals surface area contributed by atoms with E-state index < -0.39 is 0 Å². The summed E-state index contributed by atoms with van der Waals surface area (Å²) < 4.78 is 5.66. The summed E-state index contributed by atoms with van der Waals surface area (Å²) in [6, 6.07) is 16.2. The van der Waals surface area contributed by atoms with Gasteiger partial charge in [-0.3, -0.25) is 4.79 Å². The van der Waals surface area contributed by atoms with Crippen molar-refractivity contribution in [2.45, 2.75) is 32.2 Å². The summed E-state index contributed by atoms with van der Waals surface area (Å²) in [4.78, 5) is 16.8. The summed E-state index contributed by atoms with van der Waals surface area (Å²) >= 11 is 1.62. The molecule has 0 unspecified atom stereocenters. The lowest BCUT2D eigenvalue weighted by atomic mass is 9.88. The molecule has 27 heavy (non-hydrogen) atoms. The van der Waals surface area contributed by atoms with Crippen LogP contribution in [-0.4, -0.2) is 17.5 Å². The molecule has 0 saturated carbocycles. The van der Waals surface area contributed by atoms with Crippen LogP contribution in [0.5, 0.6) is 5.75 Å². The number of carbonyl (C=O) groups excluding carboxylic acids is 1. The number of thiazole rings is 1. The number of nitrogens with one attached hydrogen (secondary N) is 1. The first-order valence-electron chi connectivity index (χ1n) is 9.21. The van der Waals surface area contributed by atoms with E-state index >= 15 is 0 Å². The van der Waals surface area contributed by atoms with Gasteiger partial charge in [0.05, 0.1) is 6.04 Å². The number of carbonyl (C=O) groups is 1. The van der Waals surface area contributed by atoms with Crippen molar-refractivity contribution in [2.75, 3.05) is 6.61 Å². The maximum absolute atomic E-state index is 12.3. The second kappa shape index (κ2) is 7.92. The average molecular weight is 378 g/mol. The van der Waals surface area contributed by atoms with Gasteiger partial charge in [0, 0.05) is 16.6 Å². The van der Waals surface area contributed by atoms with Crippen LogP contribution in [0.15, 0.2) is 53.9 Å². The SMILES string of the molecule is Cc1csc(-c2ccc(OCC(=O)N[C@@H]3CCCc4ccccc43)cc2)n1. The summed E-state index contributed by atoms with van der Waals surface area (Å²) in [5, 5.41) is 6.14. The molecular formula is C22H22N2O2S. The number of ether oxygens (including phenoxy) is 1. The number of nitrogens with zero attached hydrogens (tertiary/aromatic N) is 1. The van der Waals surface area contributed by atoms with Crippen LogP contribution in [0, 0.1) is 6.92 Å². The Kier molecular flexibility index (Phi) is 5.21. The standard InChI is InChI=1S/C22H22N2O2S/c1-15-14-27-22(23-15)17-9-11-18(12-10-17)26-13-21(25)24-20-8-4-6-16-5-2-3-7-19(16)20/h2-3,5,7,9-12,14,20H,4,6,8,13H2,1H3,(H,24,25)/t20-/m1/s1. The number of hydrogen-bond donors (Lipinski definition) is 1. The van der Waals surface area contributed by atoms with Gasteiger partial charge in [0.2, 0.25) is 0 Å². The van der Waals surface area contributed by atoms with E-state index in [9.17, 15) is 4.79 Å². The van der Waals surface area contributed by atoms with Gasteiger partial charge >= 0.3 is 0 Å². The van der Waals surface area contributed by atoms with E-state index in [0.717, 1.165) is 35.5 Å². The van der Waals surface area contributed by atoms with Gasteiger partial charge in [0.1, 0.15) is 10.8 Å². The minimum Gasteiger partial charge on any atom is -0.484 e. The molecule has 138 valence electrons. The summed E-state index contributed by atoms with van der Waals surface area (Å²) in [6.45, 7) is 2.01. The Labute approximate surface area is 163 Å². The lowest BCUT2D eigenvalue weighted by Crippen LogP contribution is -2.34. The van der Waals surface area contributed by atoms with Crippen LogP contribution < -0.4 is 10.1 Å². The van der Waals surface area contributed by atoms with Gasteiger partial charge in [-0.15, -0.1) is 11.3 Å². The van der Waals surface area contributed by atoms with E-state index in [-0.39, 0.29) is 18.6 Å². The highest BCUT2D eigenvalue weighted by Gasteiger charge is 2.21. The molecule has 1 amide bonds. The van der Waals surface area contributed by atoms with Crippen molar-refractivity contribution >= 4 is 17.2 Å². The lowest BCUT2D eigenvalue weighted by molar-refractivity contribution is -0.123. The summed E-state index contributed by atoms with van der Waals surface area (Å²) in [7, 11) is 0. The van der Waals surface area contributed by atoms with Crippen LogP contribution in [0.4, 0.5) is 0 Å². The molecule has 0 radical (unpaired) electrons. The van der Waals surface area contributed by atoms with Gasteiger partial charge in [-0.05, 0) is 61.6 Å². The molecule has 2 aromatic carbocycles. The van der Waals surface area contributed by atoms with Gasteiger partial charge in [-0.25, -0.2) is 4.98 Å². The van der Waals surface area contributed by atoms with E-state index in [1.54, 1.807) is 11.3 Å². The van der Waals surface area contributed by atoms with Gasteiger partial charge in [0.25, 0.3) is 5.91 Å². The molecule has 4 rings (SSSR count). The highest BCUT2D eigenvalue weighted by molar-refractivity contribution is 7.13. The third-order valence-corrected chi connectivity index (χ3v) is 5.80. The molecule has 0 spiro atoms. The van der Waals surface area contributed by atoms with Crippen LogP contribution in [0.3, 0.4) is 0 Å². The minimum absolute atomic E-state index is 0.0222. The number of amides is 1. The molecule has 4 nitrogen and oxygen atoms in total. The highest BCUT2D eigenvalue weighted by Crippen LogP contribution is 2.29. The van der Waals surface area contributed by atoms with Crippen LogP contribution in [-0.2, 0) is 11.2 Å². The van der Waals surface area contributed by atoms with Gasteiger partial charge in [-0.1, -0.05) is 24.3 Å². The van der Waals surface area contributed by atoms with Crippen molar-refractivity contribution in [1.82, 2.24) is 10.3 Å². The summed E-state index contributed by atoms with van der Waals surface area (Å²) in [5.74, 6) is 0.600. The van der Waals surface area contributed by atoms with E-state index in [4.69, 9.17) is 4.74 Å². The Morgan fingerprint density at radius 3 is 2.81 bits per heavy atom. The molecule has 1 atom stereocenters. The molecule has 0 aliphatic heterocycles. The van der Waals surface area contributed by atoms with Crippen molar-refractivity contribution in [2.24, 2.45) is 0 Å². The molecule has 0 fully saturated rings. The average Bonchev–Trinajstić information content (AvgIpc) is 3.13. The fraction of sp³-hybridized carbons (Fsp3) is 0.273. The first-order chi connectivity index (χ1) is 13.2. The zero-order valence-electron chi connectivity index (χ0n) is 15.3. The van der Waals surface area contributed by atoms with E-state index in [1.165, 1.54) is 11.1 Å². The number of benzene rings is 2. The third-order valence-electron chi connectivity index (χ3n) is 4.79. The van der Waals surface area contributed by atoms with E-state index in [0.29, 0.717) is 5.75 Å². The van der Waals surface area contributed by atoms with Crippen molar-refractivity contribution < 1.29 is 9.53 Å². The Bertz CT molecular complexity index is 933. The molecular weight excluding hydrogens is 356 g/mol. The Morgan fingerprint density at radius 2 is 2.04 bits per heavy atom. The van der Waals surface area contributed by atoms with Crippen LogP contribution in [0.25, 0.3) is 10.6 Å². The number of hydrogen-bond acceptors (Lipinski definition) is 4. The highest BCUT2D eigenvalue weighted by atomic mass is 32.1. The molecule has 1 N–H and O–H groups in total. The smallest absolute Gasteiger partial charge is 0.258 e. The molecule has 5 heteroatoms. The predicted molar refractivity (Wildman–Crippen MR) is 108 cm³/mol. The third kappa shape index (κ3) is 4.19. The zero-order chi connectivity index (χ0) is 18.6. The zero-order valence-corrected chi connectivity index (χ0v) is 16.1. The topological polar surface area (TPSA) is 51.2 Å². The maximum Gasteiger partial charge on any atom is 0.258 e. The monoisotopic (exact) mass is 378 g/mol. The number of aromatic nitrogens is 1. The second-order valence-corrected chi connectivity index (χ2v) is 7.68. The molecule has 1 aromatic heterocycles. The summed E-state index contributed by atoms with van der Waals surface area (Å²) in [5.41, 5.74) is 4.66.